The first kappa shape index (κ1) is 16.7. The van der Waals surface area contributed by atoms with E-state index in [1.54, 1.807) is 0 Å². The fourth-order valence-electron chi connectivity index (χ4n) is 0.873. The van der Waals surface area contributed by atoms with Crippen molar-refractivity contribution in [3.63, 3.8) is 0 Å². The molecule has 0 heterocycles. The molecule has 0 aliphatic heterocycles. The Balaban J connectivity index is 0. The van der Waals surface area contributed by atoms with Crippen molar-refractivity contribution in [2.75, 3.05) is 11.0 Å². The molecule has 0 aliphatic rings. The number of unbranched alkanes of at least 4 members (excludes halogenated alkanes) is 1. The molecule has 78 valence electrons. The minimum atomic E-state index is -1.00. The standard InChI is InChI=1S/C8H14INO3.Zn/c9-5-4-7(11)3-1-2-6-10-8(12)13;/h10H,1-6H2,(H,12,13);. The average molecular weight is 364 g/mol. The Hall–Kier alpha value is 0.293. The van der Waals surface area contributed by atoms with Gasteiger partial charge in [-0.25, -0.2) is 4.79 Å². The molecule has 0 aromatic rings. The summed E-state index contributed by atoms with van der Waals surface area (Å²) < 4.78 is 0.865. The number of rotatable bonds is 7. The van der Waals surface area contributed by atoms with Crippen LogP contribution < -0.4 is 5.32 Å². The van der Waals surface area contributed by atoms with E-state index in [1.807, 2.05) is 0 Å². The van der Waals surface area contributed by atoms with Gasteiger partial charge in [0, 0.05) is 43.3 Å². The van der Waals surface area contributed by atoms with Gasteiger partial charge in [-0.1, -0.05) is 22.6 Å². The Morgan fingerprint density at radius 3 is 2.36 bits per heavy atom. The third-order valence-electron chi connectivity index (χ3n) is 1.53. The van der Waals surface area contributed by atoms with Crippen molar-refractivity contribution in [1.29, 1.82) is 0 Å². The zero-order valence-corrected chi connectivity index (χ0v) is 13.2. The zero-order chi connectivity index (χ0) is 10.1. The number of Topliss-reactive ketones (excluding diaryl/α,β-unsaturated/α-hetero) is 1. The van der Waals surface area contributed by atoms with Crippen LogP contribution in [0.4, 0.5) is 4.79 Å². The van der Waals surface area contributed by atoms with E-state index in [-0.39, 0.29) is 25.3 Å². The molecule has 0 rings (SSSR count). The smallest absolute Gasteiger partial charge is 0.404 e. The summed E-state index contributed by atoms with van der Waals surface area (Å²) >= 11 is 2.17. The van der Waals surface area contributed by atoms with Gasteiger partial charge >= 0.3 is 6.09 Å². The minimum absolute atomic E-state index is 0. The number of carboxylic acid groups (broad SMARTS) is 1. The summed E-state index contributed by atoms with van der Waals surface area (Å²) in [6, 6.07) is 0. The quantitative estimate of drug-likeness (QED) is 0.313. The molecular weight excluding hydrogens is 350 g/mol. The summed E-state index contributed by atoms with van der Waals surface area (Å²) in [5.41, 5.74) is 0. The number of hydrogen-bond acceptors (Lipinski definition) is 2. The summed E-state index contributed by atoms with van der Waals surface area (Å²) in [4.78, 5) is 21.0. The first-order valence-electron chi connectivity index (χ1n) is 4.21. The number of halogens is 1. The molecule has 4 nitrogen and oxygen atoms in total. The minimum Gasteiger partial charge on any atom is -0.465 e. The molecule has 14 heavy (non-hydrogen) atoms. The van der Waals surface area contributed by atoms with Crippen molar-refractivity contribution in [2.45, 2.75) is 25.7 Å². The molecule has 0 unspecified atom stereocenters. The molecular formula is C8H14INO3Zn. The second-order valence-corrected chi connectivity index (χ2v) is 3.75. The van der Waals surface area contributed by atoms with Gasteiger partial charge in [0.1, 0.15) is 5.78 Å². The van der Waals surface area contributed by atoms with Crippen LogP contribution in [-0.2, 0) is 24.3 Å². The van der Waals surface area contributed by atoms with Gasteiger partial charge in [-0.15, -0.1) is 0 Å². The Labute approximate surface area is 110 Å². The van der Waals surface area contributed by atoms with Crippen LogP contribution in [0, 0.1) is 0 Å². The van der Waals surface area contributed by atoms with Crippen LogP contribution in [-0.4, -0.2) is 28.0 Å². The molecule has 0 radical (unpaired) electrons. The fraction of sp³-hybridized carbons (Fsp3) is 0.750. The summed E-state index contributed by atoms with van der Waals surface area (Å²) in [7, 11) is 0. The maximum atomic E-state index is 11.0. The van der Waals surface area contributed by atoms with E-state index < -0.39 is 6.09 Å². The van der Waals surface area contributed by atoms with Crippen molar-refractivity contribution in [3.05, 3.63) is 0 Å². The average Bonchev–Trinajstić information content (AvgIpc) is 2.03. The number of hydrogen-bond donors (Lipinski definition) is 2. The van der Waals surface area contributed by atoms with Crippen molar-refractivity contribution in [2.24, 2.45) is 0 Å². The first-order chi connectivity index (χ1) is 6.16. The van der Waals surface area contributed by atoms with E-state index in [9.17, 15) is 9.59 Å². The van der Waals surface area contributed by atoms with E-state index in [1.165, 1.54) is 0 Å². The Morgan fingerprint density at radius 1 is 1.21 bits per heavy atom. The van der Waals surface area contributed by atoms with Gasteiger partial charge in [-0.2, -0.15) is 0 Å². The second-order valence-electron chi connectivity index (χ2n) is 2.67. The van der Waals surface area contributed by atoms with Gasteiger partial charge < -0.3 is 10.4 Å². The monoisotopic (exact) mass is 363 g/mol. The van der Waals surface area contributed by atoms with Crippen molar-refractivity contribution in [3.8, 4) is 0 Å². The predicted molar refractivity (Wildman–Crippen MR) is 58.4 cm³/mol. The van der Waals surface area contributed by atoms with Crippen LogP contribution >= 0.6 is 22.6 Å². The second kappa shape index (κ2) is 11.4. The Morgan fingerprint density at radius 2 is 1.86 bits per heavy atom. The van der Waals surface area contributed by atoms with Crippen LogP contribution in [0.3, 0.4) is 0 Å². The fourth-order valence-corrected chi connectivity index (χ4v) is 1.47. The number of alkyl halides is 1. The van der Waals surface area contributed by atoms with E-state index in [4.69, 9.17) is 5.11 Å². The molecule has 0 bridgehead atoms. The normalized spacial score (nSPS) is 8.93. The summed E-state index contributed by atoms with van der Waals surface area (Å²) in [6.07, 6.45) is 1.71. The molecule has 0 aliphatic carbocycles. The molecule has 0 aromatic carbocycles. The van der Waals surface area contributed by atoms with Crippen molar-refractivity contribution < 1.29 is 34.2 Å². The predicted octanol–water partition coefficient (Wildman–Crippen LogP) is 1.82. The molecule has 0 atom stereocenters. The topological polar surface area (TPSA) is 66.4 Å². The maximum absolute atomic E-state index is 11.0. The Bertz CT molecular complexity index is 178. The van der Waals surface area contributed by atoms with Crippen molar-refractivity contribution >= 4 is 34.5 Å². The molecule has 1 amide bonds. The number of amides is 1. The first-order valence-corrected chi connectivity index (χ1v) is 5.74. The molecule has 0 fully saturated rings. The van der Waals surface area contributed by atoms with Crippen LogP contribution in [0.1, 0.15) is 25.7 Å². The van der Waals surface area contributed by atoms with E-state index in [0.29, 0.717) is 19.4 Å². The van der Waals surface area contributed by atoms with Gasteiger partial charge in [0.15, 0.2) is 0 Å². The third kappa shape index (κ3) is 12.3. The van der Waals surface area contributed by atoms with Gasteiger partial charge in [-0.05, 0) is 12.8 Å². The zero-order valence-electron chi connectivity index (χ0n) is 8.09. The number of carbonyl (C=O) groups excluding carboxylic acids is 1. The van der Waals surface area contributed by atoms with E-state index in [0.717, 1.165) is 17.3 Å². The maximum Gasteiger partial charge on any atom is 0.404 e. The van der Waals surface area contributed by atoms with Crippen LogP contribution in [0.25, 0.3) is 0 Å². The molecule has 0 aromatic heterocycles. The number of ketones is 1. The molecule has 2 N–H and O–H groups in total. The Kier molecular flexibility index (Phi) is 13.6. The molecule has 0 saturated carbocycles. The molecule has 0 saturated heterocycles. The van der Waals surface area contributed by atoms with Crippen LogP contribution in [0.5, 0.6) is 0 Å². The van der Waals surface area contributed by atoms with E-state index in [2.05, 4.69) is 27.9 Å². The molecule has 0 spiro atoms. The number of carbonyl (C=O) groups is 2. The van der Waals surface area contributed by atoms with Gasteiger partial charge in [0.05, 0.1) is 0 Å². The van der Waals surface area contributed by atoms with Gasteiger partial charge in [-0.3, -0.25) is 4.79 Å². The summed E-state index contributed by atoms with van der Waals surface area (Å²) in [6.45, 7) is 0.437. The van der Waals surface area contributed by atoms with E-state index >= 15 is 0 Å². The summed E-state index contributed by atoms with van der Waals surface area (Å²) in [5.74, 6) is 0.268. The summed E-state index contributed by atoms with van der Waals surface area (Å²) in [5, 5.41) is 10.5. The largest absolute Gasteiger partial charge is 0.465 e. The number of nitrogens with one attached hydrogen (secondary N) is 1. The van der Waals surface area contributed by atoms with Crippen LogP contribution in [0.15, 0.2) is 0 Å². The third-order valence-corrected chi connectivity index (χ3v) is 2.07. The van der Waals surface area contributed by atoms with Crippen LogP contribution in [0.2, 0.25) is 0 Å². The van der Waals surface area contributed by atoms with Gasteiger partial charge in [0.25, 0.3) is 0 Å². The van der Waals surface area contributed by atoms with Gasteiger partial charge in [0.2, 0.25) is 0 Å². The molecule has 6 heteroatoms. The SMILES string of the molecule is O=C(CCI)CCCCNC(=O)O.[Zn]. The van der Waals surface area contributed by atoms with Crippen molar-refractivity contribution in [1.82, 2.24) is 5.32 Å².